The minimum atomic E-state index is -4.77. The Kier molecular flexibility index (Phi) is 6.52. The lowest BCUT2D eigenvalue weighted by Crippen LogP contribution is -2.32. The second-order valence-corrected chi connectivity index (χ2v) is 11.3. The first kappa shape index (κ1) is 24.5. The van der Waals surface area contributed by atoms with Crippen LogP contribution in [0.15, 0.2) is 12.3 Å². The molecule has 0 amide bonds. The summed E-state index contributed by atoms with van der Waals surface area (Å²) in [6.45, 7) is 2.91. The predicted octanol–water partition coefficient (Wildman–Crippen LogP) is 2.42. The minimum absolute atomic E-state index is 0.0655. The van der Waals surface area contributed by atoms with Gasteiger partial charge in [-0.2, -0.15) is 4.98 Å². The lowest BCUT2D eigenvalue weighted by molar-refractivity contribution is -0.199. The highest BCUT2D eigenvalue weighted by Crippen LogP contribution is 2.50. The summed E-state index contributed by atoms with van der Waals surface area (Å²) in [5.74, 6) is -0.983. The van der Waals surface area contributed by atoms with Crippen molar-refractivity contribution in [1.82, 2.24) is 14.5 Å². The fraction of sp³-hybridized carbons (Fsp3) is 0.600. The molecular weight excluding hydrogens is 515 g/mol. The summed E-state index contributed by atoms with van der Waals surface area (Å²) in [6.07, 6.45) is -2.66. The molecule has 2 aliphatic heterocycles. The Labute approximate surface area is 191 Å². The van der Waals surface area contributed by atoms with Crippen molar-refractivity contribution in [3.05, 3.63) is 22.7 Å². The maximum atomic E-state index is 12.0. The van der Waals surface area contributed by atoms with Crippen LogP contribution in [0.5, 0.6) is 0 Å². The van der Waals surface area contributed by atoms with Gasteiger partial charge in [-0.15, -0.1) is 0 Å². The van der Waals surface area contributed by atoms with Gasteiger partial charge < -0.3 is 33.5 Å². The van der Waals surface area contributed by atoms with Crippen LogP contribution in [0.2, 0.25) is 10.4 Å². The van der Waals surface area contributed by atoms with Gasteiger partial charge in [-0.05, 0) is 31.5 Å². The van der Waals surface area contributed by atoms with Crippen LogP contribution in [-0.4, -0.2) is 66.3 Å². The quantitative estimate of drug-likeness (QED) is 0.270. The number of aromatic nitrogens is 3. The van der Waals surface area contributed by atoms with Crippen LogP contribution < -0.4 is 0 Å². The largest absolute Gasteiger partial charge is 0.472 e. The van der Waals surface area contributed by atoms with Crippen LogP contribution in [0.1, 0.15) is 20.1 Å². The molecule has 5 atom stereocenters. The molecule has 0 spiro atoms. The van der Waals surface area contributed by atoms with E-state index in [0.29, 0.717) is 11.0 Å². The molecule has 2 saturated heterocycles. The molecule has 178 valence electrons. The van der Waals surface area contributed by atoms with E-state index in [-0.39, 0.29) is 10.4 Å². The normalized spacial score (nSPS) is 29.3. The van der Waals surface area contributed by atoms with Crippen molar-refractivity contribution < 1.29 is 47.1 Å². The van der Waals surface area contributed by atoms with Crippen LogP contribution in [-0.2, 0) is 32.4 Å². The first-order valence-electron chi connectivity index (χ1n) is 9.12. The summed E-state index contributed by atoms with van der Waals surface area (Å²) in [4.78, 5) is 35.4. The van der Waals surface area contributed by atoms with Gasteiger partial charge in [-0.3, -0.25) is 13.6 Å². The molecule has 32 heavy (non-hydrogen) atoms. The van der Waals surface area contributed by atoms with Gasteiger partial charge in [-0.25, -0.2) is 9.55 Å². The second-order valence-electron chi connectivity index (χ2n) is 7.56. The van der Waals surface area contributed by atoms with Crippen molar-refractivity contribution in [3.63, 3.8) is 0 Å². The first-order valence-corrected chi connectivity index (χ1v) is 13.2. The molecule has 2 unspecified atom stereocenters. The highest BCUT2D eigenvalue weighted by atomic mass is 35.5. The Morgan fingerprint density at radius 2 is 1.84 bits per heavy atom. The van der Waals surface area contributed by atoms with Crippen LogP contribution in [0.25, 0.3) is 11.0 Å². The number of rotatable bonds is 7. The van der Waals surface area contributed by atoms with E-state index in [1.165, 1.54) is 0 Å². The highest BCUT2D eigenvalue weighted by Gasteiger charge is 2.56. The Balaban J connectivity index is 1.56. The van der Waals surface area contributed by atoms with Crippen LogP contribution in [0.4, 0.5) is 0 Å². The standard InChI is InChI=1S/C15H19Cl2N3O10P2/c1-15(2)29-9-8(5-26-32(24,25)27-6-31(21,22)23)28-13(10(9)30-15)20-4-3-7-11(16)18-14(17)19-12(7)20/h3-4,8-10,13H,5-6H2,1-2H3,(H,24,25)(H2,21,22,23)/t8?,9-,10-,13-/m1/s1. The SMILES string of the molecule is CC1(C)O[C@@H]2[C@H](O1)C(COP(=O)(O)OCP(=O)(O)O)O[C@H]2n1ccc2c(Cl)nc(Cl)nc21. The Morgan fingerprint density at radius 3 is 2.53 bits per heavy atom. The van der Waals surface area contributed by atoms with Gasteiger partial charge in [0.25, 0.3) is 0 Å². The van der Waals surface area contributed by atoms with Gasteiger partial charge in [0, 0.05) is 6.20 Å². The molecule has 0 radical (unpaired) electrons. The predicted molar refractivity (Wildman–Crippen MR) is 109 cm³/mol. The van der Waals surface area contributed by atoms with Crippen molar-refractivity contribution in [2.45, 2.75) is 44.2 Å². The van der Waals surface area contributed by atoms with Crippen molar-refractivity contribution in [3.8, 4) is 0 Å². The van der Waals surface area contributed by atoms with Crippen molar-refractivity contribution in [2.24, 2.45) is 0 Å². The molecule has 0 aromatic carbocycles. The molecule has 0 saturated carbocycles. The number of hydrogen-bond acceptors (Lipinski definition) is 9. The van der Waals surface area contributed by atoms with Gasteiger partial charge in [0.1, 0.15) is 29.1 Å². The van der Waals surface area contributed by atoms with Gasteiger partial charge in [0.2, 0.25) is 5.28 Å². The van der Waals surface area contributed by atoms with Crippen molar-refractivity contribution >= 4 is 49.7 Å². The number of halogens is 2. The molecule has 2 aromatic rings. The van der Waals surface area contributed by atoms with Gasteiger partial charge >= 0.3 is 15.4 Å². The lowest BCUT2D eigenvalue weighted by atomic mass is 10.1. The van der Waals surface area contributed by atoms with Gasteiger partial charge in [-0.1, -0.05) is 11.6 Å². The topological polar surface area (TPSA) is 172 Å². The number of ether oxygens (including phenoxy) is 3. The molecule has 13 nitrogen and oxygen atoms in total. The summed E-state index contributed by atoms with van der Waals surface area (Å²) in [7, 11) is -9.44. The smallest absolute Gasteiger partial charge is 0.347 e. The maximum Gasteiger partial charge on any atom is 0.472 e. The summed E-state index contributed by atoms with van der Waals surface area (Å²) in [6, 6.07) is 1.68. The molecule has 0 aliphatic carbocycles. The zero-order chi connectivity index (χ0) is 23.5. The molecule has 3 N–H and O–H groups in total. The van der Waals surface area contributed by atoms with E-state index in [0.717, 1.165) is 0 Å². The molecule has 4 heterocycles. The average molecular weight is 534 g/mol. The van der Waals surface area contributed by atoms with Crippen molar-refractivity contribution in [2.75, 3.05) is 13.0 Å². The van der Waals surface area contributed by atoms with E-state index in [1.54, 1.807) is 30.7 Å². The molecule has 2 fully saturated rings. The highest BCUT2D eigenvalue weighted by molar-refractivity contribution is 7.53. The zero-order valence-corrected chi connectivity index (χ0v) is 19.9. The molecule has 0 bridgehead atoms. The molecule has 2 aromatic heterocycles. The number of phosphoric acid groups is 1. The van der Waals surface area contributed by atoms with Crippen LogP contribution in [0, 0.1) is 0 Å². The molecular formula is C15H19Cl2N3O10P2. The maximum absolute atomic E-state index is 12.0. The summed E-state index contributed by atoms with van der Waals surface area (Å²) < 4.78 is 51.6. The van der Waals surface area contributed by atoms with E-state index in [1.807, 2.05) is 0 Å². The minimum Gasteiger partial charge on any atom is -0.347 e. The Morgan fingerprint density at radius 1 is 1.16 bits per heavy atom. The molecule has 4 rings (SSSR count). The van der Waals surface area contributed by atoms with E-state index in [2.05, 4.69) is 14.5 Å². The van der Waals surface area contributed by atoms with E-state index in [4.69, 9.17) is 51.7 Å². The monoisotopic (exact) mass is 533 g/mol. The van der Waals surface area contributed by atoms with Crippen LogP contribution in [0.3, 0.4) is 0 Å². The third kappa shape index (κ3) is 5.20. The van der Waals surface area contributed by atoms with E-state index in [9.17, 15) is 14.0 Å². The second kappa shape index (κ2) is 8.53. The third-order valence-corrected chi connectivity index (χ3v) is 6.75. The number of fused-ring (bicyclic) bond motifs is 2. The zero-order valence-electron chi connectivity index (χ0n) is 16.6. The number of nitrogens with zero attached hydrogens (tertiary/aromatic N) is 3. The van der Waals surface area contributed by atoms with Gasteiger partial charge in [0.15, 0.2) is 18.4 Å². The van der Waals surface area contributed by atoms with Gasteiger partial charge in [0.05, 0.1) is 12.0 Å². The summed E-state index contributed by atoms with van der Waals surface area (Å²) in [5.41, 5.74) is 0.381. The Bertz CT molecular complexity index is 1120. The van der Waals surface area contributed by atoms with Crippen molar-refractivity contribution in [1.29, 1.82) is 0 Å². The fourth-order valence-corrected chi connectivity index (χ4v) is 5.58. The average Bonchev–Trinajstić information content (AvgIpc) is 3.29. The lowest BCUT2D eigenvalue weighted by Gasteiger charge is -2.25. The first-order chi connectivity index (χ1) is 14.7. The number of hydrogen-bond donors (Lipinski definition) is 3. The van der Waals surface area contributed by atoms with Crippen LogP contribution >= 0.6 is 38.6 Å². The molecule has 2 aliphatic rings. The number of phosphoric ester groups is 1. The fourth-order valence-electron chi connectivity index (χ4n) is 3.55. The summed E-state index contributed by atoms with van der Waals surface area (Å²) in [5, 5.41) is 0.615. The van der Waals surface area contributed by atoms with E-state index < -0.39 is 58.7 Å². The Hall–Kier alpha value is -0.660. The molecule has 17 heteroatoms. The summed E-state index contributed by atoms with van der Waals surface area (Å²) >= 11 is 12.1. The van der Waals surface area contributed by atoms with E-state index >= 15 is 0 Å². The third-order valence-electron chi connectivity index (χ3n) is 4.69.